The number of carboxylic acid groups (broad SMARTS) is 1. The van der Waals surface area contributed by atoms with E-state index in [1.54, 1.807) is 6.07 Å². The van der Waals surface area contributed by atoms with Crippen molar-refractivity contribution >= 4 is 17.1 Å². The van der Waals surface area contributed by atoms with Crippen LogP contribution in [0.2, 0.25) is 0 Å². The van der Waals surface area contributed by atoms with Crippen LogP contribution >= 0.6 is 0 Å². The summed E-state index contributed by atoms with van der Waals surface area (Å²) in [5, 5.41) is 8.82. The normalized spacial score (nSPS) is 16.2. The highest BCUT2D eigenvalue weighted by Gasteiger charge is 2.23. The van der Waals surface area contributed by atoms with E-state index in [2.05, 4.69) is 15.0 Å². The van der Waals surface area contributed by atoms with Crippen molar-refractivity contribution in [1.29, 1.82) is 0 Å². The van der Waals surface area contributed by atoms with Gasteiger partial charge in [0.2, 0.25) is 0 Å². The molecule has 2 N–H and O–H groups in total. The summed E-state index contributed by atoms with van der Waals surface area (Å²) in [6.45, 7) is 0. The lowest BCUT2D eigenvalue weighted by atomic mass is 9.85. The first kappa shape index (κ1) is 9.33. The topological polar surface area (TPSA) is 78.9 Å². The van der Waals surface area contributed by atoms with Crippen LogP contribution in [0.4, 0.5) is 0 Å². The maximum absolute atomic E-state index is 10.8. The van der Waals surface area contributed by atoms with Gasteiger partial charge in [-0.1, -0.05) is 6.42 Å². The molecule has 3 rings (SSSR count). The zero-order valence-corrected chi connectivity index (χ0v) is 8.60. The number of hydrogen-bond donors (Lipinski definition) is 2. The van der Waals surface area contributed by atoms with Crippen LogP contribution in [0, 0.1) is 0 Å². The summed E-state index contributed by atoms with van der Waals surface area (Å²) >= 11 is 0. The third-order valence-corrected chi connectivity index (χ3v) is 3.08. The summed E-state index contributed by atoms with van der Waals surface area (Å²) in [6.07, 6.45) is 3.56. The van der Waals surface area contributed by atoms with Crippen LogP contribution < -0.4 is 0 Å². The number of nitrogens with zero attached hydrogens (tertiary/aromatic N) is 2. The molecular weight excluding hydrogens is 206 g/mol. The number of pyridine rings is 1. The highest BCUT2D eigenvalue weighted by molar-refractivity contribution is 5.88. The van der Waals surface area contributed by atoms with Crippen LogP contribution in [0.25, 0.3) is 11.2 Å². The minimum Gasteiger partial charge on any atom is -0.477 e. The molecule has 1 fully saturated rings. The Balaban J connectivity index is 2.06. The van der Waals surface area contributed by atoms with Gasteiger partial charge in [0.05, 0.1) is 5.52 Å². The molecule has 0 saturated heterocycles. The fourth-order valence-electron chi connectivity index (χ4n) is 1.91. The minimum absolute atomic E-state index is 0.0409. The third kappa shape index (κ3) is 1.36. The number of carboxylic acids is 1. The molecule has 1 aliphatic rings. The van der Waals surface area contributed by atoms with Gasteiger partial charge in [0.25, 0.3) is 0 Å². The second kappa shape index (κ2) is 3.30. The zero-order valence-electron chi connectivity index (χ0n) is 8.60. The van der Waals surface area contributed by atoms with E-state index >= 15 is 0 Å². The van der Waals surface area contributed by atoms with E-state index in [0.29, 0.717) is 11.6 Å². The Labute approximate surface area is 91.5 Å². The number of fused-ring (bicyclic) bond motifs is 1. The van der Waals surface area contributed by atoms with Crippen molar-refractivity contribution in [2.45, 2.75) is 25.2 Å². The number of imidazole rings is 1. The molecule has 5 heteroatoms. The highest BCUT2D eigenvalue weighted by atomic mass is 16.4. The molecule has 0 aliphatic heterocycles. The molecule has 5 nitrogen and oxygen atoms in total. The molecule has 2 heterocycles. The molecule has 82 valence electrons. The van der Waals surface area contributed by atoms with Gasteiger partial charge in [-0.25, -0.2) is 14.8 Å². The molecule has 0 bridgehead atoms. The average Bonchev–Trinajstić information content (AvgIpc) is 2.56. The van der Waals surface area contributed by atoms with E-state index in [4.69, 9.17) is 5.11 Å². The van der Waals surface area contributed by atoms with Gasteiger partial charge in [0.1, 0.15) is 5.82 Å². The Morgan fingerprint density at radius 2 is 2.19 bits per heavy atom. The number of rotatable bonds is 2. The lowest BCUT2D eigenvalue weighted by molar-refractivity contribution is 0.0691. The molecule has 0 radical (unpaired) electrons. The molecule has 0 amide bonds. The number of carbonyl (C=O) groups is 1. The van der Waals surface area contributed by atoms with Crippen molar-refractivity contribution < 1.29 is 9.90 Å². The van der Waals surface area contributed by atoms with E-state index in [1.807, 2.05) is 0 Å². The molecule has 0 unspecified atom stereocenters. The second-order valence-corrected chi connectivity index (χ2v) is 4.12. The van der Waals surface area contributed by atoms with Crippen molar-refractivity contribution in [2.24, 2.45) is 0 Å². The summed E-state index contributed by atoms with van der Waals surface area (Å²) < 4.78 is 0. The highest BCUT2D eigenvalue weighted by Crippen LogP contribution is 2.35. The van der Waals surface area contributed by atoms with Crippen molar-refractivity contribution in [3.05, 3.63) is 23.7 Å². The molecule has 1 aliphatic carbocycles. The lowest BCUT2D eigenvalue weighted by Gasteiger charge is -2.22. The van der Waals surface area contributed by atoms with Crippen LogP contribution in [-0.2, 0) is 0 Å². The number of aromatic amines is 1. The fourth-order valence-corrected chi connectivity index (χ4v) is 1.91. The van der Waals surface area contributed by atoms with Crippen LogP contribution in [0.5, 0.6) is 0 Å². The third-order valence-electron chi connectivity index (χ3n) is 3.08. The molecule has 16 heavy (non-hydrogen) atoms. The van der Waals surface area contributed by atoms with E-state index in [-0.39, 0.29) is 5.69 Å². The first-order valence-corrected chi connectivity index (χ1v) is 5.34. The summed E-state index contributed by atoms with van der Waals surface area (Å²) in [5.41, 5.74) is 1.35. The average molecular weight is 217 g/mol. The number of H-pyrrole nitrogens is 1. The molecule has 2 aromatic rings. The number of hydrogen-bond acceptors (Lipinski definition) is 3. The van der Waals surface area contributed by atoms with Crippen LogP contribution in [0.3, 0.4) is 0 Å². The maximum Gasteiger partial charge on any atom is 0.354 e. The molecule has 2 aromatic heterocycles. The van der Waals surface area contributed by atoms with Crippen molar-refractivity contribution in [2.75, 3.05) is 0 Å². The maximum atomic E-state index is 10.8. The Hall–Kier alpha value is -1.91. The Morgan fingerprint density at radius 3 is 2.81 bits per heavy atom. The Bertz CT molecular complexity index is 557. The SMILES string of the molecule is O=C(O)c1ccc2[nH]c(C3CCC3)nc2n1. The van der Waals surface area contributed by atoms with Crippen molar-refractivity contribution in [1.82, 2.24) is 15.0 Å². The van der Waals surface area contributed by atoms with E-state index < -0.39 is 5.97 Å². The van der Waals surface area contributed by atoms with Gasteiger partial charge >= 0.3 is 5.97 Å². The van der Waals surface area contributed by atoms with Crippen molar-refractivity contribution in [3.8, 4) is 0 Å². The molecule has 0 spiro atoms. The van der Waals surface area contributed by atoms with E-state index in [1.165, 1.54) is 12.5 Å². The predicted octanol–water partition coefficient (Wildman–Crippen LogP) is 1.92. The fraction of sp³-hybridized carbons (Fsp3) is 0.364. The van der Waals surface area contributed by atoms with Crippen LogP contribution in [0.1, 0.15) is 41.5 Å². The Kier molecular flexibility index (Phi) is 1.92. The summed E-state index contributed by atoms with van der Waals surface area (Å²) in [6, 6.07) is 3.22. The van der Waals surface area contributed by atoms with Gasteiger partial charge in [-0.15, -0.1) is 0 Å². The summed E-state index contributed by atoms with van der Waals surface area (Å²) in [4.78, 5) is 22.3. The first-order valence-electron chi connectivity index (χ1n) is 5.34. The van der Waals surface area contributed by atoms with Gasteiger partial charge in [-0.3, -0.25) is 0 Å². The number of aromatic carboxylic acids is 1. The number of aromatic nitrogens is 3. The first-order chi connectivity index (χ1) is 7.74. The molecule has 0 atom stereocenters. The summed E-state index contributed by atoms with van der Waals surface area (Å²) in [7, 11) is 0. The summed E-state index contributed by atoms with van der Waals surface area (Å²) in [5.74, 6) is 0.425. The minimum atomic E-state index is -1.02. The van der Waals surface area contributed by atoms with Crippen LogP contribution in [-0.4, -0.2) is 26.0 Å². The van der Waals surface area contributed by atoms with E-state index in [9.17, 15) is 4.79 Å². The van der Waals surface area contributed by atoms with Gasteiger partial charge in [0, 0.05) is 5.92 Å². The predicted molar refractivity (Wildman–Crippen MR) is 57.4 cm³/mol. The van der Waals surface area contributed by atoms with Gasteiger partial charge in [-0.2, -0.15) is 0 Å². The van der Waals surface area contributed by atoms with Crippen LogP contribution in [0.15, 0.2) is 12.1 Å². The quantitative estimate of drug-likeness (QED) is 0.805. The molecule has 1 saturated carbocycles. The van der Waals surface area contributed by atoms with Gasteiger partial charge in [0.15, 0.2) is 11.3 Å². The largest absolute Gasteiger partial charge is 0.477 e. The monoisotopic (exact) mass is 217 g/mol. The zero-order chi connectivity index (χ0) is 11.1. The van der Waals surface area contributed by atoms with Gasteiger partial charge in [-0.05, 0) is 25.0 Å². The second-order valence-electron chi connectivity index (χ2n) is 4.12. The number of nitrogens with one attached hydrogen (secondary N) is 1. The van der Waals surface area contributed by atoms with Gasteiger partial charge < -0.3 is 10.1 Å². The van der Waals surface area contributed by atoms with Crippen molar-refractivity contribution in [3.63, 3.8) is 0 Å². The van der Waals surface area contributed by atoms with E-state index in [0.717, 1.165) is 24.2 Å². The standard InChI is InChI=1S/C11H11N3O2/c15-11(16)8-5-4-7-10(13-8)14-9(12-7)6-2-1-3-6/h4-6H,1-3H2,(H,15,16)(H,12,13,14). The Morgan fingerprint density at radius 1 is 1.38 bits per heavy atom. The smallest absolute Gasteiger partial charge is 0.354 e. The lowest BCUT2D eigenvalue weighted by Crippen LogP contribution is -2.10. The molecule has 0 aromatic carbocycles. The molecular formula is C11H11N3O2.